The Morgan fingerprint density at radius 1 is 1.27 bits per heavy atom. The molecule has 1 aliphatic rings. The molecule has 3 rings (SSSR count). The maximum atomic E-state index is 4.28. The van der Waals surface area contributed by atoms with Gasteiger partial charge in [0.1, 0.15) is 0 Å². The summed E-state index contributed by atoms with van der Waals surface area (Å²) in [5.41, 5.74) is 1.51. The number of aromatic nitrogens is 1. The molecule has 15 heavy (non-hydrogen) atoms. The fourth-order valence-electron chi connectivity index (χ4n) is 2.37. The van der Waals surface area contributed by atoms with Gasteiger partial charge >= 0.3 is 0 Å². The van der Waals surface area contributed by atoms with Crippen molar-refractivity contribution in [3.63, 3.8) is 0 Å². The predicted octanol–water partition coefficient (Wildman–Crippen LogP) is 2.76. The van der Waals surface area contributed by atoms with Crippen molar-refractivity contribution in [2.45, 2.75) is 18.8 Å². The highest BCUT2D eigenvalue weighted by atomic mass is 32.1. The first-order valence-corrected chi connectivity index (χ1v) is 6.26. The summed E-state index contributed by atoms with van der Waals surface area (Å²) in [5.74, 6) is 0.732. The lowest BCUT2D eigenvalue weighted by Gasteiger charge is -2.23. The van der Waals surface area contributed by atoms with Crippen LogP contribution in [0.25, 0.3) is 10.1 Å². The molecule has 1 aliphatic heterocycles. The number of hydrogen-bond acceptors (Lipinski definition) is 3. The monoisotopic (exact) mass is 218 g/mol. The predicted molar refractivity (Wildman–Crippen MR) is 64.5 cm³/mol. The van der Waals surface area contributed by atoms with Crippen molar-refractivity contribution in [3.8, 4) is 0 Å². The van der Waals surface area contributed by atoms with Crippen LogP contribution in [0.3, 0.4) is 0 Å². The Bertz CT molecular complexity index is 457. The van der Waals surface area contributed by atoms with Crippen molar-refractivity contribution < 1.29 is 0 Å². The van der Waals surface area contributed by atoms with E-state index in [2.05, 4.69) is 27.9 Å². The maximum absolute atomic E-state index is 4.28. The Kier molecular flexibility index (Phi) is 2.43. The van der Waals surface area contributed by atoms with Gasteiger partial charge in [0.25, 0.3) is 0 Å². The van der Waals surface area contributed by atoms with Gasteiger partial charge in [-0.15, -0.1) is 0 Å². The van der Waals surface area contributed by atoms with Crippen LogP contribution in [0.5, 0.6) is 0 Å². The average Bonchev–Trinajstić information content (AvgIpc) is 2.78. The number of rotatable bonds is 1. The molecular formula is C12H14N2S. The second-order valence-corrected chi connectivity index (χ2v) is 4.92. The van der Waals surface area contributed by atoms with Crippen molar-refractivity contribution in [2.75, 3.05) is 13.1 Å². The first kappa shape index (κ1) is 9.31. The molecule has 1 aromatic heterocycles. The van der Waals surface area contributed by atoms with Crippen LogP contribution < -0.4 is 5.32 Å². The third-order valence-corrected chi connectivity index (χ3v) is 4.06. The van der Waals surface area contributed by atoms with Crippen molar-refractivity contribution in [2.24, 2.45) is 0 Å². The molecule has 0 bridgehead atoms. The zero-order valence-electron chi connectivity index (χ0n) is 8.57. The summed E-state index contributed by atoms with van der Waals surface area (Å²) in [6.07, 6.45) is 4.50. The maximum Gasteiger partial charge on any atom is 0.0584 e. The molecule has 0 atom stereocenters. The van der Waals surface area contributed by atoms with Crippen LogP contribution in [0.4, 0.5) is 0 Å². The van der Waals surface area contributed by atoms with E-state index in [1.165, 1.54) is 28.5 Å². The van der Waals surface area contributed by atoms with Gasteiger partial charge in [0.15, 0.2) is 0 Å². The molecule has 2 nitrogen and oxygen atoms in total. The average molecular weight is 218 g/mol. The van der Waals surface area contributed by atoms with E-state index < -0.39 is 0 Å². The largest absolute Gasteiger partial charge is 0.317 e. The quantitative estimate of drug-likeness (QED) is 0.796. The van der Waals surface area contributed by atoms with E-state index >= 15 is 0 Å². The molecule has 2 aromatic rings. The highest BCUT2D eigenvalue weighted by Gasteiger charge is 2.17. The molecule has 0 amide bonds. The van der Waals surface area contributed by atoms with E-state index in [9.17, 15) is 0 Å². The van der Waals surface area contributed by atoms with E-state index in [0.717, 1.165) is 19.0 Å². The number of fused-ring (bicyclic) bond motifs is 1. The van der Waals surface area contributed by atoms with Gasteiger partial charge in [0.05, 0.1) is 4.70 Å². The summed E-state index contributed by atoms with van der Waals surface area (Å²) in [5, 5.41) is 4.72. The minimum absolute atomic E-state index is 0.732. The smallest absolute Gasteiger partial charge is 0.0584 e. The molecule has 1 saturated heterocycles. The van der Waals surface area contributed by atoms with Crippen LogP contribution in [0.15, 0.2) is 24.4 Å². The number of nitrogens with zero attached hydrogens (tertiary/aromatic N) is 1. The fourth-order valence-corrected chi connectivity index (χ4v) is 3.21. The SMILES string of the molecule is c1cc(C2CCNCC2)c2sncc2c1. The minimum Gasteiger partial charge on any atom is -0.317 e. The lowest BCUT2D eigenvalue weighted by Crippen LogP contribution is -2.26. The molecule has 0 saturated carbocycles. The molecule has 0 unspecified atom stereocenters. The zero-order valence-corrected chi connectivity index (χ0v) is 9.39. The van der Waals surface area contributed by atoms with Gasteiger partial charge in [-0.05, 0) is 48.9 Å². The Hall–Kier alpha value is -0.930. The van der Waals surface area contributed by atoms with E-state index in [-0.39, 0.29) is 0 Å². The van der Waals surface area contributed by atoms with Crippen LogP contribution in [0, 0.1) is 0 Å². The van der Waals surface area contributed by atoms with Gasteiger partial charge in [-0.3, -0.25) is 0 Å². The Labute approximate surface area is 93.5 Å². The summed E-state index contributed by atoms with van der Waals surface area (Å²) in [6.45, 7) is 2.31. The van der Waals surface area contributed by atoms with Crippen LogP contribution >= 0.6 is 11.5 Å². The normalized spacial score (nSPS) is 18.4. The number of hydrogen-bond donors (Lipinski definition) is 1. The highest BCUT2D eigenvalue weighted by Crippen LogP contribution is 2.33. The van der Waals surface area contributed by atoms with Crippen molar-refractivity contribution >= 4 is 21.6 Å². The topological polar surface area (TPSA) is 24.9 Å². The molecule has 0 aliphatic carbocycles. The molecule has 0 radical (unpaired) electrons. The molecule has 78 valence electrons. The van der Waals surface area contributed by atoms with Crippen molar-refractivity contribution in [3.05, 3.63) is 30.0 Å². The number of nitrogens with one attached hydrogen (secondary N) is 1. The van der Waals surface area contributed by atoms with Crippen molar-refractivity contribution in [1.29, 1.82) is 0 Å². The summed E-state index contributed by atoms with van der Waals surface area (Å²) in [4.78, 5) is 0. The Morgan fingerprint density at radius 3 is 3.00 bits per heavy atom. The fraction of sp³-hybridized carbons (Fsp3) is 0.417. The lowest BCUT2D eigenvalue weighted by atomic mass is 9.90. The third-order valence-electron chi connectivity index (χ3n) is 3.19. The summed E-state index contributed by atoms with van der Waals surface area (Å²) < 4.78 is 5.68. The summed E-state index contributed by atoms with van der Waals surface area (Å²) in [6, 6.07) is 6.59. The van der Waals surface area contributed by atoms with Crippen molar-refractivity contribution in [1.82, 2.24) is 9.69 Å². The Morgan fingerprint density at radius 2 is 2.13 bits per heavy atom. The van der Waals surface area contributed by atoms with Crippen LogP contribution in [-0.4, -0.2) is 17.5 Å². The van der Waals surface area contributed by atoms with E-state index in [1.807, 2.05) is 6.20 Å². The summed E-state index contributed by atoms with van der Waals surface area (Å²) >= 11 is 1.64. The highest BCUT2D eigenvalue weighted by molar-refractivity contribution is 7.13. The molecule has 1 N–H and O–H groups in total. The molecular weight excluding hydrogens is 204 g/mol. The van der Waals surface area contributed by atoms with Gasteiger partial charge in [0, 0.05) is 11.6 Å². The lowest BCUT2D eigenvalue weighted by molar-refractivity contribution is 0.462. The van der Waals surface area contributed by atoms with E-state index in [0.29, 0.717) is 0 Å². The molecule has 3 heteroatoms. The van der Waals surface area contributed by atoms with E-state index in [4.69, 9.17) is 0 Å². The molecule has 1 aromatic carbocycles. The second-order valence-electron chi connectivity index (χ2n) is 4.12. The van der Waals surface area contributed by atoms with Gasteiger partial charge < -0.3 is 5.32 Å². The van der Waals surface area contributed by atoms with Gasteiger partial charge in [-0.1, -0.05) is 18.2 Å². The Balaban J connectivity index is 2.05. The first-order valence-electron chi connectivity index (χ1n) is 5.49. The molecule has 2 heterocycles. The van der Waals surface area contributed by atoms with E-state index in [1.54, 1.807) is 11.5 Å². The van der Waals surface area contributed by atoms with Gasteiger partial charge in [-0.2, -0.15) is 4.37 Å². The van der Waals surface area contributed by atoms with Gasteiger partial charge in [-0.25, -0.2) is 0 Å². The first-order chi connectivity index (χ1) is 7.45. The second kappa shape index (κ2) is 3.91. The molecule has 0 spiro atoms. The summed E-state index contributed by atoms with van der Waals surface area (Å²) in [7, 11) is 0. The third kappa shape index (κ3) is 1.66. The van der Waals surface area contributed by atoms with Crippen LogP contribution in [0.2, 0.25) is 0 Å². The minimum atomic E-state index is 0.732. The van der Waals surface area contributed by atoms with Crippen LogP contribution in [-0.2, 0) is 0 Å². The van der Waals surface area contributed by atoms with Crippen LogP contribution in [0.1, 0.15) is 24.3 Å². The standard InChI is InChI=1S/C12H14N2S/c1-2-10-8-14-15-12(10)11(3-1)9-4-6-13-7-5-9/h1-3,8-9,13H,4-7H2. The van der Waals surface area contributed by atoms with Gasteiger partial charge in [0.2, 0.25) is 0 Å². The molecule has 1 fully saturated rings. The zero-order chi connectivity index (χ0) is 10.1. The number of piperidine rings is 1. The number of benzene rings is 1.